The molecule has 0 atom stereocenters. The fourth-order valence-electron chi connectivity index (χ4n) is 0.715. The molecule has 0 saturated carbocycles. The van der Waals surface area contributed by atoms with E-state index in [1.807, 2.05) is 6.92 Å². The van der Waals surface area contributed by atoms with E-state index in [4.69, 9.17) is 4.55 Å². The van der Waals surface area contributed by atoms with Crippen LogP contribution in [0, 0.1) is 6.92 Å². The smallest absolute Gasteiger partial charge is 1.00 e. The van der Waals surface area contributed by atoms with E-state index in [-0.39, 0.29) is 25.9 Å². The molecule has 0 aliphatic carbocycles. The second-order valence-electron chi connectivity index (χ2n) is 2.32. The fourth-order valence-corrected chi connectivity index (χ4v) is 2.27. The van der Waals surface area contributed by atoms with Crippen LogP contribution in [0.2, 0.25) is 0 Å². The van der Waals surface area contributed by atoms with Crippen molar-refractivity contribution >= 4 is 43.0 Å². The Kier molecular flexibility index (Phi) is 5.31. The Bertz CT molecular complexity index is 366. The van der Waals surface area contributed by atoms with E-state index in [9.17, 15) is 8.42 Å². The molecule has 0 unspecified atom stereocenters. The molecule has 1 aromatic carbocycles. The van der Waals surface area contributed by atoms with Gasteiger partial charge in [0.2, 0.25) is 0 Å². The molecule has 0 aliphatic heterocycles. The molecule has 0 fully saturated rings. The molecular weight excluding hydrogens is 221 g/mol. The average Bonchev–Trinajstić information content (AvgIpc) is 1.91. The van der Waals surface area contributed by atoms with Crippen LogP contribution in [0.15, 0.2) is 29.2 Å². The van der Waals surface area contributed by atoms with Gasteiger partial charge >= 0.3 is 32.2 Å². The Morgan fingerprint density at radius 3 is 2.15 bits per heavy atom. The molecule has 13 heavy (non-hydrogen) atoms. The first-order valence-corrected chi connectivity index (χ1v) is 5.98. The zero-order valence-electron chi connectivity index (χ0n) is 9.10. The van der Waals surface area contributed by atoms with Crippen LogP contribution in [0.3, 0.4) is 0 Å². The van der Waals surface area contributed by atoms with Crippen molar-refractivity contribution in [1.29, 1.82) is 0 Å². The summed E-state index contributed by atoms with van der Waals surface area (Å²) in [6.07, 6.45) is 0. The van der Waals surface area contributed by atoms with Crippen LogP contribution in [0.4, 0.5) is 0 Å². The predicted molar refractivity (Wildman–Crippen MR) is 56.6 cm³/mol. The molecule has 3 nitrogen and oxygen atoms in total. The van der Waals surface area contributed by atoms with Gasteiger partial charge < -0.3 is 2.85 Å². The van der Waals surface area contributed by atoms with Crippen LogP contribution in [0.25, 0.3) is 0 Å². The standard InChI is InChI=1S/C7H8O3S2.Mg.2H/c1-6-2-4-7(5-3-6)11-12(8,9)10;;;/h2-5H,1H3,(H,8,9,10);;;/q;+2;2*-1. The van der Waals surface area contributed by atoms with Crippen LogP contribution in [0.5, 0.6) is 0 Å². The first-order valence-electron chi connectivity index (χ1n) is 3.21. The van der Waals surface area contributed by atoms with Crippen molar-refractivity contribution in [3.63, 3.8) is 0 Å². The molecule has 1 rings (SSSR count). The molecule has 0 radical (unpaired) electrons. The van der Waals surface area contributed by atoms with Crippen LogP contribution in [-0.2, 0) is 9.15 Å². The number of hydrogen-bond acceptors (Lipinski definition) is 3. The van der Waals surface area contributed by atoms with Gasteiger partial charge in [-0.1, -0.05) is 17.7 Å². The molecular formula is C7H10MgO3S2. The third-order valence-corrected chi connectivity index (χ3v) is 3.11. The van der Waals surface area contributed by atoms with E-state index < -0.39 is 9.15 Å². The van der Waals surface area contributed by atoms with E-state index in [1.165, 1.54) is 0 Å². The normalized spacial score (nSPS) is 10.6. The number of rotatable bonds is 2. The summed E-state index contributed by atoms with van der Waals surface area (Å²) in [6, 6.07) is 6.86. The summed E-state index contributed by atoms with van der Waals surface area (Å²) in [4.78, 5) is 0.517. The molecule has 0 heterocycles. The van der Waals surface area contributed by atoms with Gasteiger partial charge in [-0.05, 0) is 19.1 Å². The molecule has 0 aromatic heterocycles. The summed E-state index contributed by atoms with van der Waals surface area (Å²) >= 11 is 0. The summed E-state index contributed by atoms with van der Waals surface area (Å²) in [7, 11) is -3.54. The minimum atomic E-state index is -3.97. The Morgan fingerprint density at radius 2 is 1.77 bits per heavy atom. The van der Waals surface area contributed by atoms with Crippen molar-refractivity contribution in [3.05, 3.63) is 29.8 Å². The van der Waals surface area contributed by atoms with Gasteiger partial charge in [-0.2, -0.15) is 8.42 Å². The van der Waals surface area contributed by atoms with Crippen LogP contribution in [0.1, 0.15) is 8.42 Å². The SMILES string of the molecule is Cc1ccc(SS(=O)(=O)O)cc1.[H-].[H-].[Mg+2]. The summed E-state index contributed by atoms with van der Waals surface area (Å²) in [5.74, 6) is 0. The summed E-state index contributed by atoms with van der Waals surface area (Å²) in [5.41, 5.74) is 1.05. The van der Waals surface area contributed by atoms with Crippen LogP contribution >= 0.6 is 10.8 Å². The van der Waals surface area contributed by atoms with Gasteiger partial charge in [-0.3, -0.25) is 4.55 Å². The summed E-state index contributed by atoms with van der Waals surface area (Å²) in [6.45, 7) is 1.90. The number of hydrogen-bond donors (Lipinski definition) is 1. The Hall–Kier alpha value is 0.246. The van der Waals surface area contributed by atoms with E-state index in [0.29, 0.717) is 15.7 Å². The largest absolute Gasteiger partial charge is 2.00 e. The van der Waals surface area contributed by atoms with Crippen molar-refractivity contribution in [3.8, 4) is 0 Å². The summed E-state index contributed by atoms with van der Waals surface area (Å²) in [5, 5.41) is 0. The van der Waals surface area contributed by atoms with Gasteiger partial charge in [0, 0.05) is 15.7 Å². The third kappa shape index (κ3) is 5.53. The molecule has 0 bridgehead atoms. The van der Waals surface area contributed by atoms with E-state index >= 15 is 0 Å². The summed E-state index contributed by atoms with van der Waals surface area (Å²) < 4.78 is 29.3. The Balaban J connectivity index is -0.000000480. The molecule has 70 valence electrons. The van der Waals surface area contributed by atoms with Crippen molar-refractivity contribution in [2.75, 3.05) is 0 Å². The maximum Gasteiger partial charge on any atom is 2.00 e. The van der Waals surface area contributed by atoms with Gasteiger partial charge in [-0.15, -0.1) is 0 Å². The van der Waals surface area contributed by atoms with Crippen molar-refractivity contribution in [2.45, 2.75) is 11.8 Å². The minimum Gasteiger partial charge on any atom is -1.00 e. The van der Waals surface area contributed by atoms with Gasteiger partial charge in [0.25, 0.3) is 0 Å². The Labute approximate surface area is 100 Å². The van der Waals surface area contributed by atoms with Crippen molar-refractivity contribution in [2.24, 2.45) is 0 Å². The number of benzene rings is 1. The molecule has 0 aliphatic rings. The van der Waals surface area contributed by atoms with Gasteiger partial charge in [0.15, 0.2) is 0 Å². The average molecular weight is 231 g/mol. The molecule has 1 aromatic rings. The van der Waals surface area contributed by atoms with Crippen LogP contribution < -0.4 is 0 Å². The zero-order valence-corrected chi connectivity index (χ0v) is 10.1. The van der Waals surface area contributed by atoms with Gasteiger partial charge in [-0.25, -0.2) is 0 Å². The quantitative estimate of drug-likeness (QED) is 0.478. The first kappa shape index (κ1) is 13.2. The molecule has 0 amide bonds. The monoisotopic (exact) mass is 230 g/mol. The predicted octanol–water partition coefficient (Wildman–Crippen LogP) is 1.73. The maximum atomic E-state index is 10.4. The van der Waals surface area contributed by atoms with Crippen molar-refractivity contribution < 1.29 is 15.8 Å². The van der Waals surface area contributed by atoms with E-state index in [0.717, 1.165) is 5.56 Å². The van der Waals surface area contributed by atoms with Crippen LogP contribution in [-0.4, -0.2) is 36.0 Å². The molecule has 0 spiro atoms. The third-order valence-electron chi connectivity index (χ3n) is 1.22. The fraction of sp³-hybridized carbons (Fsp3) is 0.143. The molecule has 6 heteroatoms. The second kappa shape index (κ2) is 5.21. The van der Waals surface area contributed by atoms with Crippen molar-refractivity contribution in [1.82, 2.24) is 0 Å². The maximum absolute atomic E-state index is 10.4. The van der Waals surface area contributed by atoms with E-state index in [2.05, 4.69) is 0 Å². The van der Waals surface area contributed by atoms with Gasteiger partial charge in [0.1, 0.15) is 0 Å². The topological polar surface area (TPSA) is 54.4 Å². The minimum absolute atomic E-state index is 0. The first-order chi connectivity index (χ1) is 5.47. The number of aryl methyl sites for hydroxylation is 1. The second-order valence-corrected chi connectivity index (χ2v) is 5.58. The van der Waals surface area contributed by atoms with E-state index in [1.54, 1.807) is 24.3 Å². The van der Waals surface area contributed by atoms with Gasteiger partial charge in [0.05, 0.1) is 0 Å². The molecule has 1 N–H and O–H groups in total. The Morgan fingerprint density at radius 1 is 1.31 bits per heavy atom. The zero-order chi connectivity index (χ0) is 9.19. The molecule has 0 saturated heterocycles.